The summed E-state index contributed by atoms with van der Waals surface area (Å²) >= 11 is 5.80. The van der Waals surface area contributed by atoms with Crippen LogP contribution in [0.1, 0.15) is 5.69 Å². The normalized spacial score (nSPS) is 11.7. The van der Waals surface area contributed by atoms with Crippen molar-refractivity contribution in [2.75, 3.05) is 0 Å². The van der Waals surface area contributed by atoms with Gasteiger partial charge < -0.3 is 5.73 Å². The van der Waals surface area contributed by atoms with E-state index in [1.54, 1.807) is 24.3 Å². The zero-order valence-electron chi connectivity index (χ0n) is 7.59. The van der Waals surface area contributed by atoms with E-state index in [1.165, 1.54) is 6.20 Å². The highest BCUT2D eigenvalue weighted by Gasteiger charge is 2.03. The Balaban J connectivity index is 2.31. The fourth-order valence-electron chi connectivity index (χ4n) is 1.02. The van der Waals surface area contributed by atoms with Gasteiger partial charge in [0.1, 0.15) is 6.20 Å². The van der Waals surface area contributed by atoms with Crippen LogP contribution in [0.3, 0.4) is 0 Å². The van der Waals surface area contributed by atoms with Crippen molar-refractivity contribution >= 4 is 23.1 Å². The number of aliphatic imine (C=N–C) groups is 1. The Morgan fingerprint density at radius 1 is 1.47 bits per heavy atom. The van der Waals surface area contributed by atoms with Crippen molar-refractivity contribution in [2.45, 2.75) is 0 Å². The summed E-state index contributed by atoms with van der Waals surface area (Å²) in [5, 5.41) is 7.59. The molecule has 0 atom stereocenters. The highest BCUT2D eigenvalue weighted by atomic mass is 35.5. The summed E-state index contributed by atoms with van der Waals surface area (Å²) in [6, 6.07) is 7.03. The second-order valence-electron chi connectivity index (χ2n) is 2.77. The lowest BCUT2D eigenvalue weighted by Crippen LogP contribution is -2.12. The van der Waals surface area contributed by atoms with E-state index in [2.05, 4.69) is 19.9 Å². The molecule has 0 saturated carbocycles. The largest absolute Gasteiger partial charge is 0.382 e. The van der Waals surface area contributed by atoms with Crippen molar-refractivity contribution in [3.63, 3.8) is 0 Å². The molecule has 0 saturated heterocycles. The van der Waals surface area contributed by atoms with Crippen molar-refractivity contribution in [2.24, 2.45) is 10.7 Å². The summed E-state index contributed by atoms with van der Waals surface area (Å²) in [6.45, 7) is 0. The lowest BCUT2D eigenvalue weighted by Gasteiger charge is -1.96. The molecule has 5 nitrogen and oxygen atoms in total. The van der Waals surface area contributed by atoms with Gasteiger partial charge in [0.25, 0.3) is 0 Å². The minimum atomic E-state index is 0.235. The van der Waals surface area contributed by atoms with Crippen molar-refractivity contribution in [1.82, 2.24) is 10.3 Å². The first-order chi connectivity index (χ1) is 7.25. The quantitative estimate of drug-likeness (QED) is 0.620. The molecule has 0 unspecified atom stereocenters. The first kappa shape index (κ1) is 9.67. The molecule has 0 aliphatic heterocycles. The predicted molar refractivity (Wildman–Crippen MR) is 56.1 cm³/mol. The average molecular weight is 223 g/mol. The molecule has 2 aromatic rings. The molecule has 0 aliphatic rings. The summed E-state index contributed by atoms with van der Waals surface area (Å²) in [5.74, 6) is 0.235. The van der Waals surface area contributed by atoms with Gasteiger partial charge in [-0.1, -0.05) is 22.8 Å². The van der Waals surface area contributed by atoms with Crippen molar-refractivity contribution in [3.05, 3.63) is 41.2 Å². The molecule has 0 amide bonds. The Labute approximate surface area is 90.5 Å². The van der Waals surface area contributed by atoms with Crippen LogP contribution in [0.4, 0.5) is 5.69 Å². The van der Waals surface area contributed by atoms with Gasteiger partial charge in [-0.15, -0.1) is 0 Å². The van der Waals surface area contributed by atoms with Gasteiger partial charge in [-0.2, -0.15) is 0 Å². The topological polar surface area (TPSA) is 77.3 Å². The van der Waals surface area contributed by atoms with E-state index in [0.29, 0.717) is 16.4 Å². The maximum Gasteiger partial charge on any atom is 0.169 e. The van der Waals surface area contributed by atoms with Crippen LogP contribution >= 0.6 is 11.6 Å². The molecule has 0 spiro atoms. The third kappa shape index (κ3) is 2.32. The lowest BCUT2D eigenvalue weighted by atomic mass is 10.3. The number of amidine groups is 1. The predicted octanol–water partition coefficient (Wildman–Crippen LogP) is 1.76. The van der Waals surface area contributed by atoms with Gasteiger partial charge in [-0.3, -0.25) is 0 Å². The molecule has 6 heteroatoms. The second kappa shape index (κ2) is 4.10. The van der Waals surface area contributed by atoms with Gasteiger partial charge in [0.2, 0.25) is 0 Å². The fourth-order valence-corrected chi connectivity index (χ4v) is 1.20. The van der Waals surface area contributed by atoms with E-state index in [9.17, 15) is 0 Å². The number of halogens is 1. The molecule has 1 heterocycles. The third-order valence-electron chi connectivity index (χ3n) is 1.68. The SMILES string of the molecule is NC(=Nc1cccc(Cl)c1)c1cnon1. The number of benzene rings is 1. The third-order valence-corrected chi connectivity index (χ3v) is 1.92. The molecule has 15 heavy (non-hydrogen) atoms. The molecular weight excluding hydrogens is 216 g/mol. The maximum absolute atomic E-state index is 5.80. The van der Waals surface area contributed by atoms with Crippen LogP contribution in [0.5, 0.6) is 0 Å². The molecule has 0 fully saturated rings. The highest BCUT2D eigenvalue weighted by Crippen LogP contribution is 2.17. The van der Waals surface area contributed by atoms with Crippen LogP contribution in [-0.4, -0.2) is 16.1 Å². The second-order valence-corrected chi connectivity index (χ2v) is 3.21. The van der Waals surface area contributed by atoms with E-state index in [-0.39, 0.29) is 5.84 Å². The van der Waals surface area contributed by atoms with Crippen LogP contribution < -0.4 is 5.73 Å². The Hall–Kier alpha value is -1.88. The number of rotatable bonds is 2. The van der Waals surface area contributed by atoms with Crippen molar-refractivity contribution in [3.8, 4) is 0 Å². The minimum Gasteiger partial charge on any atom is -0.382 e. The van der Waals surface area contributed by atoms with Gasteiger partial charge in [0.15, 0.2) is 11.5 Å². The van der Waals surface area contributed by atoms with E-state index >= 15 is 0 Å². The number of hydrogen-bond acceptors (Lipinski definition) is 4. The molecule has 76 valence electrons. The smallest absolute Gasteiger partial charge is 0.169 e. The molecule has 0 bridgehead atoms. The zero-order chi connectivity index (χ0) is 10.7. The molecule has 0 radical (unpaired) electrons. The van der Waals surface area contributed by atoms with Crippen molar-refractivity contribution < 1.29 is 4.63 Å². The summed E-state index contributed by atoms with van der Waals surface area (Å²) in [4.78, 5) is 4.11. The van der Waals surface area contributed by atoms with Crippen LogP contribution in [0.25, 0.3) is 0 Å². The van der Waals surface area contributed by atoms with Crippen LogP contribution in [0, 0.1) is 0 Å². The minimum absolute atomic E-state index is 0.235. The highest BCUT2D eigenvalue weighted by molar-refractivity contribution is 6.30. The molecule has 1 aromatic heterocycles. The molecule has 1 aromatic carbocycles. The van der Waals surface area contributed by atoms with E-state index in [4.69, 9.17) is 17.3 Å². The molecule has 2 N–H and O–H groups in total. The average Bonchev–Trinajstić information content (AvgIpc) is 2.70. The number of aromatic nitrogens is 2. The number of hydrogen-bond donors (Lipinski definition) is 1. The van der Waals surface area contributed by atoms with Crippen LogP contribution in [-0.2, 0) is 0 Å². The lowest BCUT2D eigenvalue weighted by molar-refractivity contribution is 0.306. The molecule has 2 rings (SSSR count). The summed E-state index contributed by atoms with van der Waals surface area (Å²) < 4.78 is 4.41. The van der Waals surface area contributed by atoms with Gasteiger partial charge >= 0.3 is 0 Å². The first-order valence-electron chi connectivity index (χ1n) is 4.13. The van der Waals surface area contributed by atoms with Crippen LogP contribution in [0.15, 0.2) is 40.1 Å². The standard InChI is InChI=1S/C9H7ClN4O/c10-6-2-1-3-7(4-6)13-9(11)8-5-12-15-14-8/h1-5H,(H2,11,13). The van der Waals surface area contributed by atoms with E-state index in [1.807, 2.05) is 0 Å². The van der Waals surface area contributed by atoms with Gasteiger partial charge in [-0.25, -0.2) is 9.62 Å². The summed E-state index contributed by atoms with van der Waals surface area (Å²) in [7, 11) is 0. The van der Waals surface area contributed by atoms with Crippen molar-refractivity contribution in [1.29, 1.82) is 0 Å². The molecular formula is C9H7ClN4O. The Morgan fingerprint density at radius 2 is 2.33 bits per heavy atom. The number of nitrogens with two attached hydrogens (primary N) is 1. The van der Waals surface area contributed by atoms with Crippen LogP contribution in [0.2, 0.25) is 5.02 Å². The van der Waals surface area contributed by atoms with E-state index in [0.717, 1.165) is 0 Å². The first-order valence-corrected chi connectivity index (χ1v) is 4.51. The Kier molecular flexibility index (Phi) is 2.64. The Morgan fingerprint density at radius 3 is 3.00 bits per heavy atom. The van der Waals surface area contributed by atoms with Gasteiger partial charge in [-0.05, 0) is 23.4 Å². The maximum atomic E-state index is 5.80. The fraction of sp³-hybridized carbons (Fsp3) is 0. The number of nitrogens with zero attached hydrogens (tertiary/aromatic N) is 3. The summed E-state index contributed by atoms with van der Waals surface area (Å²) in [5.41, 5.74) is 6.72. The monoisotopic (exact) mass is 222 g/mol. The zero-order valence-corrected chi connectivity index (χ0v) is 8.35. The molecule has 0 aliphatic carbocycles. The van der Waals surface area contributed by atoms with Gasteiger partial charge in [0, 0.05) is 5.02 Å². The Bertz CT molecular complexity index is 481. The van der Waals surface area contributed by atoms with E-state index < -0.39 is 0 Å². The van der Waals surface area contributed by atoms with Gasteiger partial charge in [0.05, 0.1) is 5.69 Å². The summed E-state index contributed by atoms with van der Waals surface area (Å²) in [6.07, 6.45) is 1.39.